The van der Waals surface area contributed by atoms with E-state index in [4.69, 9.17) is 4.99 Å². The third-order valence-electron chi connectivity index (χ3n) is 5.23. The first-order valence-electron chi connectivity index (χ1n) is 11.0. The summed E-state index contributed by atoms with van der Waals surface area (Å²) in [6.45, 7) is 19.7. The Labute approximate surface area is 176 Å². The van der Waals surface area contributed by atoms with E-state index in [1.165, 1.54) is 0 Å². The van der Waals surface area contributed by atoms with Crippen molar-refractivity contribution in [2.45, 2.75) is 46.7 Å². The van der Waals surface area contributed by atoms with E-state index in [-0.39, 0.29) is 0 Å². The predicted molar refractivity (Wildman–Crippen MR) is 122 cm³/mol. The zero-order valence-electron chi connectivity index (χ0n) is 18.9. The Bertz CT molecular complexity index is 574. The average molecular weight is 405 g/mol. The summed E-state index contributed by atoms with van der Waals surface area (Å²) < 4.78 is 0. The van der Waals surface area contributed by atoms with Gasteiger partial charge in [-0.05, 0) is 40.7 Å². The van der Waals surface area contributed by atoms with Gasteiger partial charge in [0.15, 0.2) is 5.96 Å². The molecule has 0 spiro atoms. The monoisotopic (exact) mass is 404 g/mol. The maximum atomic E-state index is 4.77. The Balaban J connectivity index is 1.72. The number of rotatable bonds is 10. The Morgan fingerprint density at radius 2 is 1.72 bits per heavy atom. The fraction of sp³-hybridized carbons (Fsp3) is 0.762. The number of piperazine rings is 1. The molecule has 1 aliphatic heterocycles. The maximum Gasteiger partial charge on any atom is 0.225 e. The van der Waals surface area contributed by atoms with Crippen molar-refractivity contribution < 1.29 is 0 Å². The summed E-state index contributed by atoms with van der Waals surface area (Å²) in [6.07, 6.45) is 3.61. The van der Waals surface area contributed by atoms with E-state index in [0.29, 0.717) is 12.1 Å². The van der Waals surface area contributed by atoms with Gasteiger partial charge in [0.25, 0.3) is 0 Å². The molecule has 2 heterocycles. The van der Waals surface area contributed by atoms with E-state index in [0.717, 1.165) is 70.8 Å². The van der Waals surface area contributed by atoms with Crippen LogP contribution >= 0.6 is 0 Å². The van der Waals surface area contributed by atoms with Crippen LogP contribution in [0, 0.1) is 0 Å². The minimum Gasteiger partial charge on any atom is -0.357 e. The van der Waals surface area contributed by atoms with Crippen LogP contribution in [0.4, 0.5) is 5.95 Å². The molecule has 8 heteroatoms. The van der Waals surface area contributed by atoms with Crippen LogP contribution < -0.4 is 15.5 Å². The summed E-state index contributed by atoms with van der Waals surface area (Å²) in [5.74, 6) is 1.75. The number of hydrogen-bond acceptors (Lipinski definition) is 6. The second kappa shape index (κ2) is 12.6. The van der Waals surface area contributed by atoms with Crippen molar-refractivity contribution in [2.24, 2.45) is 4.99 Å². The van der Waals surface area contributed by atoms with Crippen LogP contribution in [0.2, 0.25) is 0 Å². The van der Waals surface area contributed by atoms with Gasteiger partial charge in [0.05, 0.1) is 6.54 Å². The summed E-state index contributed by atoms with van der Waals surface area (Å²) >= 11 is 0. The quantitative estimate of drug-likeness (QED) is 0.449. The lowest BCUT2D eigenvalue weighted by Gasteiger charge is -2.34. The lowest BCUT2D eigenvalue weighted by atomic mass is 10.2. The Morgan fingerprint density at radius 3 is 2.31 bits per heavy atom. The number of hydrogen-bond donors (Lipinski definition) is 2. The lowest BCUT2D eigenvalue weighted by Crippen LogP contribution is -2.48. The molecule has 0 unspecified atom stereocenters. The molecule has 0 saturated carbocycles. The number of guanidine groups is 1. The van der Waals surface area contributed by atoms with Crippen LogP contribution in [0.15, 0.2) is 23.5 Å². The number of aromatic nitrogens is 2. The van der Waals surface area contributed by atoms with E-state index >= 15 is 0 Å². The van der Waals surface area contributed by atoms with Gasteiger partial charge in [0.2, 0.25) is 5.95 Å². The molecule has 0 amide bonds. The number of anilines is 1. The summed E-state index contributed by atoms with van der Waals surface area (Å²) in [5.41, 5.74) is 0. The van der Waals surface area contributed by atoms with Crippen LogP contribution in [0.1, 0.15) is 34.6 Å². The molecule has 29 heavy (non-hydrogen) atoms. The Hall–Kier alpha value is -1.93. The number of nitrogens with zero attached hydrogens (tertiary/aromatic N) is 6. The van der Waals surface area contributed by atoms with Crippen LogP contribution in [0.3, 0.4) is 0 Å². The van der Waals surface area contributed by atoms with E-state index in [1.807, 2.05) is 6.07 Å². The van der Waals surface area contributed by atoms with Crippen molar-refractivity contribution in [3.8, 4) is 0 Å². The first-order valence-corrected chi connectivity index (χ1v) is 11.0. The fourth-order valence-electron chi connectivity index (χ4n) is 3.69. The van der Waals surface area contributed by atoms with Gasteiger partial charge in [-0.15, -0.1) is 0 Å². The van der Waals surface area contributed by atoms with Crippen molar-refractivity contribution in [3.63, 3.8) is 0 Å². The van der Waals surface area contributed by atoms with Crippen LogP contribution in [-0.2, 0) is 0 Å². The van der Waals surface area contributed by atoms with E-state index < -0.39 is 0 Å². The third-order valence-corrected chi connectivity index (χ3v) is 5.23. The highest BCUT2D eigenvalue weighted by molar-refractivity contribution is 5.79. The van der Waals surface area contributed by atoms with Gasteiger partial charge in [-0.3, -0.25) is 14.8 Å². The molecule has 0 bridgehead atoms. The SMILES string of the molecule is CCNC(=NCCN1CCN(c2ncccn2)CC1)NCCN(C(C)C)C(C)C. The lowest BCUT2D eigenvalue weighted by molar-refractivity contribution is 0.178. The molecule has 164 valence electrons. The molecule has 0 radical (unpaired) electrons. The second-order valence-corrected chi connectivity index (χ2v) is 7.99. The van der Waals surface area contributed by atoms with Crippen LogP contribution in [0.5, 0.6) is 0 Å². The molecule has 8 nitrogen and oxygen atoms in total. The zero-order chi connectivity index (χ0) is 21.1. The predicted octanol–water partition coefficient (Wildman–Crippen LogP) is 1.27. The normalized spacial score (nSPS) is 16.1. The summed E-state index contributed by atoms with van der Waals surface area (Å²) in [7, 11) is 0. The molecule has 1 aromatic heterocycles. The van der Waals surface area contributed by atoms with Gasteiger partial charge >= 0.3 is 0 Å². The molecule has 1 aromatic rings. The fourth-order valence-corrected chi connectivity index (χ4v) is 3.69. The molecule has 1 aliphatic rings. The molecule has 2 N–H and O–H groups in total. The molecule has 0 aliphatic carbocycles. The molecule has 1 saturated heterocycles. The molecule has 2 rings (SSSR count). The van der Waals surface area contributed by atoms with E-state index in [9.17, 15) is 0 Å². The highest BCUT2D eigenvalue weighted by Gasteiger charge is 2.18. The summed E-state index contributed by atoms with van der Waals surface area (Å²) in [6, 6.07) is 2.96. The average Bonchev–Trinajstić information content (AvgIpc) is 2.71. The second-order valence-electron chi connectivity index (χ2n) is 7.99. The van der Waals surface area contributed by atoms with Gasteiger partial charge in [-0.1, -0.05) is 0 Å². The minimum absolute atomic E-state index is 0.552. The Morgan fingerprint density at radius 1 is 1.07 bits per heavy atom. The standard InChI is InChI=1S/C21H40N8/c1-6-22-20(24-11-13-29(18(2)3)19(4)5)23-10-12-27-14-16-28(17-15-27)21-25-8-7-9-26-21/h7-9,18-19H,6,10-17H2,1-5H3,(H2,22,23,24). The van der Waals surface area contributed by atoms with E-state index in [1.54, 1.807) is 12.4 Å². The van der Waals surface area contributed by atoms with E-state index in [2.05, 4.69) is 69.9 Å². The Kier molecular flexibility index (Phi) is 10.1. The molecule has 1 fully saturated rings. The smallest absolute Gasteiger partial charge is 0.225 e. The first kappa shape index (κ1) is 23.3. The highest BCUT2D eigenvalue weighted by atomic mass is 15.3. The highest BCUT2D eigenvalue weighted by Crippen LogP contribution is 2.09. The third kappa shape index (κ3) is 8.14. The van der Waals surface area contributed by atoms with Gasteiger partial charge in [0, 0.05) is 76.8 Å². The largest absolute Gasteiger partial charge is 0.357 e. The van der Waals surface area contributed by atoms with Gasteiger partial charge in [0.1, 0.15) is 0 Å². The minimum atomic E-state index is 0.552. The van der Waals surface area contributed by atoms with Gasteiger partial charge in [-0.25, -0.2) is 9.97 Å². The van der Waals surface area contributed by atoms with Gasteiger partial charge < -0.3 is 15.5 Å². The summed E-state index contributed by atoms with van der Waals surface area (Å²) in [4.78, 5) is 20.7. The van der Waals surface area contributed by atoms with Crippen LogP contribution in [-0.4, -0.2) is 96.7 Å². The first-order chi connectivity index (χ1) is 14.0. The molecule has 0 atom stereocenters. The van der Waals surface area contributed by atoms with Crippen molar-refractivity contribution in [3.05, 3.63) is 18.5 Å². The van der Waals surface area contributed by atoms with Crippen molar-refractivity contribution >= 4 is 11.9 Å². The number of aliphatic imine (C=N–C) groups is 1. The zero-order valence-corrected chi connectivity index (χ0v) is 18.9. The topological polar surface area (TPSA) is 71.9 Å². The van der Waals surface area contributed by atoms with Crippen molar-refractivity contribution in [1.29, 1.82) is 0 Å². The molecular weight excluding hydrogens is 364 g/mol. The van der Waals surface area contributed by atoms with Crippen molar-refractivity contribution in [1.82, 2.24) is 30.4 Å². The van der Waals surface area contributed by atoms with Crippen molar-refractivity contribution in [2.75, 3.05) is 63.8 Å². The molecular formula is C21H40N8. The van der Waals surface area contributed by atoms with Gasteiger partial charge in [-0.2, -0.15) is 0 Å². The van der Waals surface area contributed by atoms with Crippen LogP contribution in [0.25, 0.3) is 0 Å². The summed E-state index contributed by atoms with van der Waals surface area (Å²) in [5, 5.41) is 6.84. The maximum absolute atomic E-state index is 4.77. The molecule has 0 aromatic carbocycles. The number of nitrogens with one attached hydrogen (secondary N) is 2.